The van der Waals surface area contributed by atoms with Gasteiger partial charge in [0.15, 0.2) is 11.7 Å². The van der Waals surface area contributed by atoms with E-state index in [1.165, 1.54) is 45.3 Å². The van der Waals surface area contributed by atoms with Crippen molar-refractivity contribution in [3.63, 3.8) is 0 Å². The van der Waals surface area contributed by atoms with E-state index in [1.807, 2.05) is 0 Å². The van der Waals surface area contributed by atoms with Gasteiger partial charge < -0.3 is 39.6 Å². The molecule has 0 bridgehead atoms. The van der Waals surface area contributed by atoms with Crippen LogP contribution in [0.15, 0.2) is 29.2 Å². The molecule has 2 unspecified atom stereocenters. The number of carbonyl (C=O) groups excluding carboxylic acids is 1. The second kappa shape index (κ2) is 7.96. The lowest BCUT2D eigenvalue weighted by Crippen LogP contribution is -2.80. The van der Waals surface area contributed by atoms with Crippen LogP contribution in [0.2, 0.25) is 0 Å². The summed E-state index contributed by atoms with van der Waals surface area (Å²) in [4.78, 5) is 11.4. The number of rotatable bonds is 6. The van der Waals surface area contributed by atoms with E-state index in [2.05, 4.69) is 5.32 Å². The van der Waals surface area contributed by atoms with Gasteiger partial charge in [-0.1, -0.05) is 17.7 Å². The Morgan fingerprint density at radius 3 is 2.32 bits per heavy atom. The highest BCUT2D eigenvalue weighted by molar-refractivity contribution is 7.92. The summed E-state index contributed by atoms with van der Waals surface area (Å²) in [6, 6.07) is 5.57. The lowest BCUT2D eigenvalue weighted by molar-refractivity contribution is -0.395. The van der Waals surface area contributed by atoms with Crippen LogP contribution in [0.1, 0.15) is 12.5 Å². The number of ether oxygens (including phenoxy) is 4. The van der Waals surface area contributed by atoms with E-state index in [1.54, 1.807) is 6.92 Å². The first kappa shape index (κ1) is 23.9. The van der Waals surface area contributed by atoms with Crippen molar-refractivity contribution < 1.29 is 47.5 Å². The lowest BCUT2D eigenvalue weighted by Gasteiger charge is -2.54. The van der Waals surface area contributed by atoms with Gasteiger partial charge in [-0.3, -0.25) is 0 Å². The Morgan fingerprint density at radius 1 is 1.26 bits per heavy atom. The number of nitrogens with one attached hydrogen (secondary N) is 1. The minimum absolute atomic E-state index is 0.0982. The summed E-state index contributed by atoms with van der Waals surface area (Å²) in [5.41, 5.74) is -6.03. The molecule has 4 N–H and O–H groups in total. The number of carbonyl (C=O) groups is 1. The molecular weight excluding hydrogens is 434 g/mol. The molecule has 0 aliphatic carbocycles. The second-order valence-corrected chi connectivity index (χ2v) is 9.86. The number of aliphatic hydroxyl groups is 3. The maximum absolute atomic E-state index is 13.1. The van der Waals surface area contributed by atoms with Gasteiger partial charge in [0.25, 0.3) is 0 Å². The average molecular weight is 461 g/mol. The molecule has 1 aromatic rings. The molecule has 1 amide bonds. The molecule has 2 fully saturated rings. The molecule has 2 aliphatic heterocycles. The van der Waals surface area contributed by atoms with Crippen LogP contribution in [-0.2, 0) is 28.8 Å². The summed E-state index contributed by atoms with van der Waals surface area (Å²) >= 11 is 0. The largest absolute Gasteiger partial charge is 0.441 e. The zero-order valence-corrected chi connectivity index (χ0v) is 18.4. The Balaban J connectivity index is 2.07. The molecular formula is C19H27NO10S. The molecule has 174 valence electrons. The van der Waals surface area contributed by atoms with Crippen molar-refractivity contribution in [3.8, 4) is 0 Å². The van der Waals surface area contributed by atoms with Crippen molar-refractivity contribution in [2.75, 3.05) is 27.4 Å². The number of epoxide rings is 1. The van der Waals surface area contributed by atoms with Gasteiger partial charge in [-0.2, -0.15) is 0 Å². The molecule has 0 saturated carbocycles. The van der Waals surface area contributed by atoms with E-state index in [0.29, 0.717) is 0 Å². The summed E-state index contributed by atoms with van der Waals surface area (Å²) in [7, 11) is -2.11. The van der Waals surface area contributed by atoms with Crippen LogP contribution in [0.4, 0.5) is 4.79 Å². The summed E-state index contributed by atoms with van der Waals surface area (Å²) in [6.07, 6.45) is -3.61. The Bertz CT molecular complexity index is 932. The zero-order chi connectivity index (χ0) is 23.2. The molecule has 0 radical (unpaired) electrons. The SMILES string of the molecule is CNC(=O)O[C@@H]1CO[C@](O)(C(O)S(=O)(=O)c2ccc(C)cc2)[C@@](O)(C2(C)CO2)[C@@H]1OC. The van der Waals surface area contributed by atoms with Crippen molar-refractivity contribution >= 4 is 15.9 Å². The molecule has 0 aromatic heterocycles. The zero-order valence-electron chi connectivity index (χ0n) is 17.6. The van der Waals surface area contributed by atoms with Crippen molar-refractivity contribution in [1.29, 1.82) is 0 Å². The first-order chi connectivity index (χ1) is 14.4. The average Bonchev–Trinajstić information content (AvgIpc) is 3.49. The molecule has 0 spiro atoms. The van der Waals surface area contributed by atoms with Gasteiger partial charge in [0, 0.05) is 14.2 Å². The first-order valence-electron chi connectivity index (χ1n) is 9.50. The highest BCUT2D eigenvalue weighted by Gasteiger charge is 2.78. The molecule has 31 heavy (non-hydrogen) atoms. The van der Waals surface area contributed by atoms with E-state index in [-0.39, 0.29) is 11.5 Å². The van der Waals surface area contributed by atoms with Crippen LogP contribution in [0, 0.1) is 6.92 Å². The molecule has 3 rings (SSSR count). The van der Waals surface area contributed by atoms with E-state index in [9.17, 15) is 28.5 Å². The fourth-order valence-corrected chi connectivity index (χ4v) is 5.27. The predicted octanol–water partition coefficient (Wildman–Crippen LogP) is -0.934. The Labute approximate surface area is 179 Å². The highest BCUT2D eigenvalue weighted by atomic mass is 32.2. The minimum Gasteiger partial charge on any atom is -0.441 e. The monoisotopic (exact) mass is 461 g/mol. The normalized spacial score (nSPS) is 36.5. The quantitative estimate of drug-likeness (QED) is 0.389. The highest BCUT2D eigenvalue weighted by Crippen LogP contribution is 2.52. The predicted molar refractivity (Wildman–Crippen MR) is 105 cm³/mol. The molecule has 1 aromatic carbocycles. The first-order valence-corrected chi connectivity index (χ1v) is 11.0. The van der Waals surface area contributed by atoms with E-state index < -0.39 is 57.2 Å². The smallest absolute Gasteiger partial charge is 0.407 e. The van der Waals surface area contributed by atoms with E-state index in [4.69, 9.17) is 18.9 Å². The number of hydrogen-bond donors (Lipinski definition) is 4. The number of aliphatic hydroxyl groups excluding tert-OH is 1. The Hall–Kier alpha value is -1.80. The Morgan fingerprint density at radius 2 is 1.84 bits per heavy atom. The van der Waals surface area contributed by atoms with Gasteiger partial charge in [-0.25, -0.2) is 13.2 Å². The molecule has 2 aliphatic rings. The summed E-state index contributed by atoms with van der Waals surface area (Å²) in [5, 5.41) is 36.2. The van der Waals surface area contributed by atoms with Crippen LogP contribution < -0.4 is 5.32 Å². The van der Waals surface area contributed by atoms with Gasteiger partial charge in [-0.05, 0) is 26.0 Å². The third kappa shape index (κ3) is 3.61. The fraction of sp³-hybridized carbons (Fsp3) is 0.632. The maximum atomic E-state index is 13.1. The number of alkyl carbamates (subject to hydrolysis) is 1. The van der Waals surface area contributed by atoms with Crippen LogP contribution in [0.3, 0.4) is 0 Å². The summed E-state index contributed by atoms with van der Waals surface area (Å²) < 4.78 is 47.3. The van der Waals surface area contributed by atoms with Crippen molar-refractivity contribution in [2.45, 2.75) is 53.4 Å². The van der Waals surface area contributed by atoms with Crippen LogP contribution in [0.5, 0.6) is 0 Å². The summed E-state index contributed by atoms with van der Waals surface area (Å²) in [5.74, 6) is -3.08. The van der Waals surface area contributed by atoms with Gasteiger partial charge in [0.2, 0.25) is 21.1 Å². The van der Waals surface area contributed by atoms with Gasteiger partial charge >= 0.3 is 6.09 Å². The molecule has 6 atom stereocenters. The third-order valence-corrected chi connectivity index (χ3v) is 7.68. The number of benzene rings is 1. The fourth-order valence-electron chi connectivity index (χ4n) is 3.83. The number of methoxy groups -OCH3 is 1. The van der Waals surface area contributed by atoms with Crippen LogP contribution in [0.25, 0.3) is 0 Å². The van der Waals surface area contributed by atoms with E-state index in [0.717, 1.165) is 5.56 Å². The van der Waals surface area contributed by atoms with Crippen molar-refractivity contribution in [3.05, 3.63) is 29.8 Å². The molecule has 2 saturated heterocycles. The topological polar surface area (TPSA) is 164 Å². The maximum Gasteiger partial charge on any atom is 0.407 e. The second-order valence-electron chi connectivity index (χ2n) is 7.85. The third-order valence-electron chi connectivity index (χ3n) is 5.84. The van der Waals surface area contributed by atoms with Crippen LogP contribution in [-0.4, -0.2) is 91.8 Å². The van der Waals surface area contributed by atoms with Gasteiger partial charge in [0.05, 0.1) is 18.1 Å². The van der Waals surface area contributed by atoms with Crippen molar-refractivity contribution in [2.24, 2.45) is 0 Å². The molecule has 2 heterocycles. The van der Waals surface area contributed by atoms with E-state index >= 15 is 0 Å². The van der Waals surface area contributed by atoms with Gasteiger partial charge in [-0.15, -0.1) is 0 Å². The number of sulfone groups is 1. The number of hydrogen-bond acceptors (Lipinski definition) is 10. The number of aryl methyl sites for hydroxylation is 1. The van der Waals surface area contributed by atoms with Gasteiger partial charge in [0.1, 0.15) is 11.7 Å². The standard InChI is InChI=1S/C19H27NO10S/c1-11-5-7-12(8-6-11)31(25,26)15(21)19(24)18(23,17(2)10-29-17)14(27-4)13(9-28-19)30-16(22)20-3/h5-8,13-15,21,23-24H,9-10H2,1-4H3,(H,20,22)/t13-,14-,15?,17?,18+,19-/m1/s1. The molecule has 11 nitrogen and oxygen atoms in total. The Kier molecular flexibility index (Phi) is 6.12. The minimum atomic E-state index is -4.60. The number of amides is 1. The van der Waals surface area contributed by atoms with Crippen LogP contribution >= 0.6 is 0 Å². The lowest BCUT2D eigenvalue weighted by atomic mass is 9.73. The molecule has 12 heteroatoms. The van der Waals surface area contributed by atoms with Crippen molar-refractivity contribution in [1.82, 2.24) is 5.32 Å². The summed E-state index contributed by atoms with van der Waals surface area (Å²) in [6.45, 7) is 2.48.